The molecule has 0 bridgehead atoms. The maximum Gasteiger partial charge on any atom is 0.120 e. The van der Waals surface area contributed by atoms with Gasteiger partial charge in [-0.1, -0.05) is 6.07 Å². The molecular weight excluding hydrogens is 240 g/mol. The molecule has 0 spiro atoms. The highest BCUT2D eigenvalue weighted by atomic mass is 16.5. The second-order valence-corrected chi connectivity index (χ2v) is 5.11. The van der Waals surface area contributed by atoms with E-state index in [2.05, 4.69) is 17.0 Å². The minimum absolute atomic E-state index is 0.560. The lowest BCUT2D eigenvalue weighted by Gasteiger charge is -2.35. The van der Waals surface area contributed by atoms with Gasteiger partial charge in [0.15, 0.2) is 0 Å². The predicted molar refractivity (Wildman–Crippen MR) is 77.7 cm³/mol. The molecule has 1 fully saturated rings. The summed E-state index contributed by atoms with van der Waals surface area (Å²) in [5, 5.41) is 0. The van der Waals surface area contributed by atoms with Gasteiger partial charge in [0.25, 0.3) is 0 Å². The van der Waals surface area contributed by atoms with E-state index in [4.69, 9.17) is 15.2 Å². The summed E-state index contributed by atoms with van der Waals surface area (Å²) < 4.78 is 10.6. The van der Waals surface area contributed by atoms with Gasteiger partial charge in [-0.25, -0.2) is 0 Å². The van der Waals surface area contributed by atoms with Crippen LogP contribution in [0.2, 0.25) is 0 Å². The van der Waals surface area contributed by atoms with Crippen LogP contribution >= 0.6 is 0 Å². The first-order valence-electron chi connectivity index (χ1n) is 6.89. The summed E-state index contributed by atoms with van der Waals surface area (Å²) in [5.74, 6) is 1.50. The van der Waals surface area contributed by atoms with Crippen molar-refractivity contribution in [1.82, 2.24) is 0 Å². The molecule has 1 aliphatic rings. The van der Waals surface area contributed by atoms with Crippen LogP contribution < -0.4 is 15.4 Å². The Bertz CT molecular complexity index is 407. The molecule has 1 aromatic carbocycles. The lowest BCUT2D eigenvalue weighted by molar-refractivity contribution is 0.143. The van der Waals surface area contributed by atoms with Crippen LogP contribution in [0.1, 0.15) is 18.4 Å². The molecule has 106 valence electrons. The van der Waals surface area contributed by atoms with Crippen LogP contribution in [0.4, 0.5) is 5.69 Å². The maximum absolute atomic E-state index is 5.85. The molecule has 2 N–H and O–H groups in total. The predicted octanol–water partition coefficient (Wildman–Crippen LogP) is 2.02. The maximum atomic E-state index is 5.85. The van der Waals surface area contributed by atoms with Gasteiger partial charge in [-0.15, -0.1) is 0 Å². The SMILES string of the molecule is COCC1CCCN(c2cc(OC)ccc2CN)C1. The van der Waals surface area contributed by atoms with E-state index in [1.54, 1.807) is 14.2 Å². The highest BCUT2D eigenvalue weighted by molar-refractivity contribution is 5.57. The van der Waals surface area contributed by atoms with Gasteiger partial charge >= 0.3 is 0 Å². The molecule has 2 rings (SSSR count). The van der Waals surface area contributed by atoms with Crippen LogP contribution in [0.3, 0.4) is 0 Å². The molecule has 1 heterocycles. The fraction of sp³-hybridized carbons (Fsp3) is 0.600. The van der Waals surface area contributed by atoms with Gasteiger partial charge < -0.3 is 20.1 Å². The van der Waals surface area contributed by atoms with Crippen LogP contribution in [0.25, 0.3) is 0 Å². The molecule has 1 atom stereocenters. The number of piperidine rings is 1. The normalized spacial score (nSPS) is 19.5. The molecule has 0 amide bonds. The molecule has 0 radical (unpaired) electrons. The van der Waals surface area contributed by atoms with Crippen molar-refractivity contribution in [2.24, 2.45) is 11.7 Å². The zero-order chi connectivity index (χ0) is 13.7. The monoisotopic (exact) mass is 264 g/mol. The minimum Gasteiger partial charge on any atom is -0.497 e. The van der Waals surface area contributed by atoms with Crippen LogP contribution in [0.5, 0.6) is 5.75 Å². The Hall–Kier alpha value is -1.26. The average molecular weight is 264 g/mol. The van der Waals surface area contributed by atoms with E-state index < -0.39 is 0 Å². The Morgan fingerprint density at radius 1 is 1.37 bits per heavy atom. The van der Waals surface area contributed by atoms with E-state index in [0.717, 1.165) is 25.4 Å². The Labute approximate surface area is 115 Å². The fourth-order valence-corrected chi connectivity index (χ4v) is 2.79. The number of ether oxygens (including phenoxy) is 2. The smallest absolute Gasteiger partial charge is 0.120 e. The summed E-state index contributed by atoms with van der Waals surface area (Å²) in [5.41, 5.74) is 8.24. The van der Waals surface area contributed by atoms with E-state index in [0.29, 0.717) is 12.5 Å². The molecule has 1 aromatic rings. The first-order chi connectivity index (χ1) is 9.28. The highest BCUT2D eigenvalue weighted by Crippen LogP contribution is 2.29. The van der Waals surface area contributed by atoms with Crippen LogP contribution in [0, 0.1) is 5.92 Å². The first-order valence-corrected chi connectivity index (χ1v) is 6.89. The van der Waals surface area contributed by atoms with Crippen LogP contribution in [0.15, 0.2) is 18.2 Å². The number of methoxy groups -OCH3 is 2. The Balaban J connectivity index is 2.19. The first kappa shape index (κ1) is 14.2. The summed E-state index contributed by atoms with van der Waals surface area (Å²) in [6.07, 6.45) is 2.45. The summed E-state index contributed by atoms with van der Waals surface area (Å²) in [7, 11) is 3.47. The third-order valence-corrected chi connectivity index (χ3v) is 3.77. The van der Waals surface area contributed by atoms with Gasteiger partial charge in [0.05, 0.1) is 13.7 Å². The number of hydrogen-bond donors (Lipinski definition) is 1. The number of benzene rings is 1. The average Bonchev–Trinajstić information content (AvgIpc) is 2.47. The lowest BCUT2D eigenvalue weighted by Crippen LogP contribution is -2.37. The molecule has 0 aromatic heterocycles. The number of hydrogen-bond acceptors (Lipinski definition) is 4. The number of nitrogens with two attached hydrogens (primary N) is 1. The molecule has 4 nitrogen and oxygen atoms in total. The van der Waals surface area contributed by atoms with Gasteiger partial charge in [0, 0.05) is 38.5 Å². The zero-order valence-corrected chi connectivity index (χ0v) is 11.9. The van der Waals surface area contributed by atoms with Crippen molar-refractivity contribution in [3.8, 4) is 5.75 Å². The molecule has 1 saturated heterocycles. The molecular formula is C15H24N2O2. The largest absolute Gasteiger partial charge is 0.497 e. The Morgan fingerprint density at radius 3 is 2.89 bits per heavy atom. The van der Waals surface area contributed by atoms with Crippen molar-refractivity contribution in [2.45, 2.75) is 19.4 Å². The summed E-state index contributed by atoms with van der Waals surface area (Å²) in [6, 6.07) is 6.13. The third kappa shape index (κ3) is 3.39. The quantitative estimate of drug-likeness (QED) is 0.884. The van der Waals surface area contributed by atoms with Crippen LogP contribution in [-0.2, 0) is 11.3 Å². The Kier molecular flexibility index (Phi) is 5.05. The number of anilines is 1. The van der Waals surface area contributed by atoms with Crippen molar-refractivity contribution >= 4 is 5.69 Å². The van der Waals surface area contributed by atoms with Gasteiger partial charge in [-0.05, 0) is 30.4 Å². The molecule has 19 heavy (non-hydrogen) atoms. The summed E-state index contributed by atoms with van der Waals surface area (Å²) in [4.78, 5) is 2.41. The van der Waals surface area contributed by atoms with Crippen molar-refractivity contribution < 1.29 is 9.47 Å². The number of nitrogens with zero attached hydrogens (tertiary/aromatic N) is 1. The van der Waals surface area contributed by atoms with Gasteiger partial charge in [0.2, 0.25) is 0 Å². The second-order valence-electron chi connectivity index (χ2n) is 5.11. The molecule has 1 aliphatic heterocycles. The topological polar surface area (TPSA) is 47.7 Å². The molecule has 0 saturated carbocycles. The third-order valence-electron chi connectivity index (χ3n) is 3.77. The van der Waals surface area contributed by atoms with Crippen molar-refractivity contribution in [1.29, 1.82) is 0 Å². The zero-order valence-electron chi connectivity index (χ0n) is 11.9. The van der Waals surface area contributed by atoms with Gasteiger partial charge in [-0.2, -0.15) is 0 Å². The van der Waals surface area contributed by atoms with Gasteiger partial charge in [0.1, 0.15) is 5.75 Å². The molecule has 1 unspecified atom stereocenters. The van der Waals surface area contributed by atoms with Crippen molar-refractivity contribution in [2.75, 3.05) is 38.8 Å². The van der Waals surface area contributed by atoms with E-state index in [-0.39, 0.29) is 0 Å². The van der Waals surface area contributed by atoms with Crippen molar-refractivity contribution in [3.63, 3.8) is 0 Å². The molecule has 0 aliphatic carbocycles. The Morgan fingerprint density at radius 2 is 2.21 bits per heavy atom. The van der Waals surface area contributed by atoms with E-state index in [1.807, 2.05) is 6.07 Å². The van der Waals surface area contributed by atoms with E-state index in [1.165, 1.54) is 24.1 Å². The van der Waals surface area contributed by atoms with Crippen molar-refractivity contribution in [3.05, 3.63) is 23.8 Å². The summed E-state index contributed by atoms with van der Waals surface area (Å²) in [6.45, 7) is 3.51. The van der Waals surface area contributed by atoms with Gasteiger partial charge in [-0.3, -0.25) is 0 Å². The molecule has 4 heteroatoms. The van der Waals surface area contributed by atoms with Crippen LogP contribution in [-0.4, -0.2) is 33.9 Å². The van der Waals surface area contributed by atoms with E-state index >= 15 is 0 Å². The standard InChI is InChI=1S/C15H24N2O2/c1-18-11-12-4-3-7-17(10-12)15-8-14(19-2)6-5-13(15)9-16/h5-6,8,12H,3-4,7,9-11,16H2,1-2H3. The highest BCUT2D eigenvalue weighted by Gasteiger charge is 2.21. The summed E-state index contributed by atoms with van der Waals surface area (Å²) >= 11 is 0. The minimum atomic E-state index is 0.560. The fourth-order valence-electron chi connectivity index (χ4n) is 2.79. The van der Waals surface area contributed by atoms with E-state index in [9.17, 15) is 0 Å². The number of rotatable bonds is 5. The second kappa shape index (κ2) is 6.78. The lowest BCUT2D eigenvalue weighted by atomic mass is 9.97.